The summed E-state index contributed by atoms with van der Waals surface area (Å²) in [5.74, 6) is 0.0711. The van der Waals surface area contributed by atoms with Crippen LogP contribution >= 0.6 is 23.2 Å². The largest absolute Gasteiger partial charge is 0.336 e. The summed E-state index contributed by atoms with van der Waals surface area (Å²) < 4.78 is 0. The molecule has 0 aromatic heterocycles. The van der Waals surface area contributed by atoms with Gasteiger partial charge in [0.05, 0.1) is 15.7 Å². The Morgan fingerprint density at radius 1 is 0.958 bits per heavy atom. The Morgan fingerprint density at radius 3 is 2.21 bits per heavy atom. The van der Waals surface area contributed by atoms with Gasteiger partial charge in [-0.1, -0.05) is 62.2 Å². The topological polar surface area (TPSA) is 53.5 Å². The van der Waals surface area contributed by atoms with Crippen molar-refractivity contribution < 1.29 is 4.79 Å². The average Bonchev–Trinajstić information content (AvgIpc) is 2.54. The molecule has 0 bridgehead atoms. The highest BCUT2D eigenvalue weighted by Gasteiger charge is 2.27. The first kappa shape index (κ1) is 18.3. The van der Waals surface area contributed by atoms with Crippen LogP contribution in [0.25, 0.3) is 0 Å². The van der Waals surface area contributed by atoms with Gasteiger partial charge in [-0.25, -0.2) is 0 Å². The predicted octanol–water partition coefficient (Wildman–Crippen LogP) is 5.45. The summed E-state index contributed by atoms with van der Waals surface area (Å²) in [7, 11) is 0. The molecule has 2 N–H and O–H groups in total. The van der Waals surface area contributed by atoms with E-state index in [1.165, 1.54) is 0 Å². The monoisotopic (exact) mass is 363 g/mol. The van der Waals surface area contributed by atoms with Crippen molar-refractivity contribution in [3.63, 3.8) is 0 Å². The molecule has 6 heteroatoms. The molecule has 126 valence electrons. The van der Waals surface area contributed by atoms with E-state index in [1.807, 2.05) is 51.1 Å². The number of benzene rings is 2. The molecular formula is C18H19Cl2N3O. The second-order valence-electron chi connectivity index (χ2n) is 6.27. The third-order valence-corrected chi connectivity index (χ3v) is 3.89. The molecule has 2 rings (SSSR count). The average molecular weight is 364 g/mol. The van der Waals surface area contributed by atoms with Crippen LogP contribution < -0.4 is 10.7 Å². The van der Waals surface area contributed by atoms with Gasteiger partial charge in [0.2, 0.25) is 5.78 Å². The van der Waals surface area contributed by atoms with Crippen LogP contribution in [0.4, 0.5) is 11.4 Å². The Bertz CT molecular complexity index is 753. The van der Waals surface area contributed by atoms with Crippen LogP contribution in [-0.2, 0) is 4.79 Å². The van der Waals surface area contributed by atoms with Crippen molar-refractivity contribution in [2.45, 2.75) is 20.8 Å². The molecule has 24 heavy (non-hydrogen) atoms. The number of amidine groups is 1. The quantitative estimate of drug-likeness (QED) is 0.431. The summed E-state index contributed by atoms with van der Waals surface area (Å²) in [5.41, 5.74) is 3.73. The number of rotatable bonds is 4. The maximum Gasteiger partial charge on any atom is 0.205 e. The Morgan fingerprint density at radius 2 is 1.62 bits per heavy atom. The zero-order valence-corrected chi connectivity index (χ0v) is 15.2. The van der Waals surface area contributed by atoms with E-state index in [-0.39, 0.29) is 11.6 Å². The van der Waals surface area contributed by atoms with Crippen molar-refractivity contribution in [1.82, 2.24) is 0 Å². The van der Waals surface area contributed by atoms with Crippen molar-refractivity contribution in [3.8, 4) is 0 Å². The lowest BCUT2D eigenvalue weighted by Crippen LogP contribution is -2.34. The predicted molar refractivity (Wildman–Crippen MR) is 102 cm³/mol. The van der Waals surface area contributed by atoms with Crippen molar-refractivity contribution in [1.29, 1.82) is 0 Å². The van der Waals surface area contributed by atoms with E-state index in [0.29, 0.717) is 15.7 Å². The Balaban J connectivity index is 2.28. The minimum Gasteiger partial charge on any atom is -0.336 e. The van der Waals surface area contributed by atoms with Crippen molar-refractivity contribution >= 4 is 46.2 Å². The third kappa shape index (κ3) is 4.98. The molecule has 0 aliphatic heterocycles. The van der Waals surface area contributed by atoms with Crippen LogP contribution in [0.5, 0.6) is 0 Å². The zero-order chi connectivity index (χ0) is 17.7. The van der Waals surface area contributed by atoms with Gasteiger partial charge in [0.25, 0.3) is 0 Å². The van der Waals surface area contributed by atoms with Crippen LogP contribution in [0.3, 0.4) is 0 Å². The van der Waals surface area contributed by atoms with Crippen LogP contribution in [0.1, 0.15) is 20.8 Å². The van der Waals surface area contributed by atoms with Gasteiger partial charge in [-0.15, -0.1) is 0 Å². The molecule has 2 aromatic rings. The number of nitrogens with zero attached hydrogens (tertiary/aromatic N) is 1. The molecule has 0 saturated heterocycles. The van der Waals surface area contributed by atoms with E-state index in [4.69, 9.17) is 23.2 Å². The lowest BCUT2D eigenvalue weighted by Gasteiger charge is -2.19. The second-order valence-corrected chi connectivity index (χ2v) is 7.09. The molecule has 4 nitrogen and oxygen atoms in total. The second kappa shape index (κ2) is 7.69. The number of Topliss-reactive ketones (excluding diaryl/α,β-unsaturated/α-hetero) is 1. The van der Waals surface area contributed by atoms with Gasteiger partial charge in [-0.2, -0.15) is 5.10 Å². The number of hydrazone groups is 1. The number of ketones is 1. The fourth-order valence-electron chi connectivity index (χ4n) is 1.83. The van der Waals surface area contributed by atoms with Crippen LogP contribution in [0, 0.1) is 5.41 Å². The highest BCUT2D eigenvalue weighted by atomic mass is 35.5. The van der Waals surface area contributed by atoms with Gasteiger partial charge < -0.3 is 5.32 Å². The number of para-hydroxylation sites is 1. The molecule has 0 fully saturated rings. The first-order valence-electron chi connectivity index (χ1n) is 7.43. The standard InChI is InChI=1S/C18H19Cl2N3O/c1-18(2,3)16(24)17(23-22-12-7-5-4-6-8-12)21-13-9-10-14(19)15(20)11-13/h4-11,22H,1-3H3,(H,21,23). The number of carbonyl (C=O) groups is 1. The smallest absolute Gasteiger partial charge is 0.205 e. The first-order chi connectivity index (χ1) is 11.3. The van der Waals surface area contributed by atoms with Crippen molar-refractivity contribution in [2.75, 3.05) is 10.7 Å². The number of hydrogen-bond acceptors (Lipinski definition) is 3. The molecular weight excluding hydrogens is 345 g/mol. The van der Waals surface area contributed by atoms with E-state index in [2.05, 4.69) is 15.8 Å². The zero-order valence-electron chi connectivity index (χ0n) is 13.7. The summed E-state index contributed by atoms with van der Waals surface area (Å²) in [4.78, 5) is 12.6. The number of halogens is 2. The summed E-state index contributed by atoms with van der Waals surface area (Å²) in [5, 5.41) is 8.11. The number of carbonyl (C=O) groups excluding carboxylic acids is 1. The number of hydrogen-bond donors (Lipinski definition) is 2. The lowest BCUT2D eigenvalue weighted by molar-refractivity contribution is -0.119. The van der Waals surface area contributed by atoms with Gasteiger partial charge in [0, 0.05) is 11.1 Å². The maximum absolute atomic E-state index is 12.6. The minimum atomic E-state index is -0.583. The van der Waals surface area contributed by atoms with E-state index in [1.54, 1.807) is 18.2 Å². The van der Waals surface area contributed by atoms with E-state index < -0.39 is 5.41 Å². The lowest BCUT2D eigenvalue weighted by atomic mass is 9.90. The van der Waals surface area contributed by atoms with Gasteiger partial charge in [0.15, 0.2) is 5.84 Å². The maximum atomic E-state index is 12.6. The molecule has 0 aliphatic rings. The fourth-order valence-corrected chi connectivity index (χ4v) is 2.13. The van der Waals surface area contributed by atoms with E-state index >= 15 is 0 Å². The Labute approximate surface area is 151 Å². The normalized spacial score (nSPS) is 12.0. The minimum absolute atomic E-state index is 0.128. The number of anilines is 2. The molecule has 2 aromatic carbocycles. The van der Waals surface area contributed by atoms with Crippen LogP contribution in [0.15, 0.2) is 53.6 Å². The van der Waals surface area contributed by atoms with Gasteiger partial charge >= 0.3 is 0 Å². The van der Waals surface area contributed by atoms with Crippen LogP contribution in [0.2, 0.25) is 10.0 Å². The molecule has 0 heterocycles. The summed E-state index contributed by atoms with van der Waals surface area (Å²) in [6.45, 7) is 5.51. The van der Waals surface area contributed by atoms with Crippen molar-refractivity contribution in [3.05, 3.63) is 58.6 Å². The molecule has 0 amide bonds. The highest BCUT2D eigenvalue weighted by Crippen LogP contribution is 2.25. The summed E-state index contributed by atoms with van der Waals surface area (Å²) in [6, 6.07) is 14.5. The molecule has 0 aliphatic carbocycles. The molecule has 0 unspecified atom stereocenters. The SMILES string of the molecule is CC(C)(C)C(=O)/C(=N\Nc1ccccc1)Nc1ccc(Cl)c(Cl)c1. The fraction of sp³-hybridized carbons (Fsp3) is 0.222. The van der Waals surface area contributed by atoms with Crippen molar-refractivity contribution in [2.24, 2.45) is 10.5 Å². The van der Waals surface area contributed by atoms with Gasteiger partial charge in [-0.3, -0.25) is 10.2 Å². The Hall–Kier alpha value is -2.04. The molecule has 0 saturated carbocycles. The highest BCUT2D eigenvalue weighted by molar-refractivity contribution is 6.45. The number of nitrogens with one attached hydrogen (secondary N) is 2. The molecule has 0 radical (unpaired) electrons. The summed E-state index contributed by atoms with van der Waals surface area (Å²) >= 11 is 12.0. The van der Waals surface area contributed by atoms with Crippen LogP contribution in [-0.4, -0.2) is 11.6 Å². The van der Waals surface area contributed by atoms with Gasteiger partial charge in [-0.05, 0) is 30.3 Å². The molecule has 0 atom stereocenters. The Kier molecular flexibility index (Phi) is 5.86. The third-order valence-electron chi connectivity index (χ3n) is 3.15. The molecule has 0 spiro atoms. The first-order valence-corrected chi connectivity index (χ1v) is 8.18. The van der Waals surface area contributed by atoms with E-state index in [9.17, 15) is 4.79 Å². The van der Waals surface area contributed by atoms with Gasteiger partial charge in [0.1, 0.15) is 0 Å². The summed E-state index contributed by atoms with van der Waals surface area (Å²) in [6.07, 6.45) is 0. The van der Waals surface area contributed by atoms with E-state index in [0.717, 1.165) is 5.69 Å².